The van der Waals surface area contributed by atoms with Gasteiger partial charge in [-0.2, -0.15) is 5.10 Å². The Morgan fingerprint density at radius 1 is 1.13 bits per heavy atom. The maximum Gasteiger partial charge on any atom is 0.259 e. The van der Waals surface area contributed by atoms with E-state index < -0.39 is 0 Å². The fraction of sp³-hybridized carbons (Fsp3) is 0.292. The van der Waals surface area contributed by atoms with E-state index in [2.05, 4.69) is 28.7 Å². The number of carbonyl (C=O) groups is 1. The number of carbonyl (C=O) groups excluding carboxylic acids is 1. The fourth-order valence-corrected chi connectivity index (χ4v) is 3.66. The van der Waals surface area contributed by atoms with Crippen molar-refractivity contribution in [2.75, 3.05) is 5.32 Å². The molecule has 0 aliphatic carbocycles. The number of aliphatic imine (C=N–C) groups is 1. The predicted octanol–water partition coefficient (Wildman–Crippen LogP) is 5.19. The molecule has 1 aromatic heterocycles. The maximum absolute atomic E-state index is 12.9. The smallest absolute Gasteiger partial charge is 0.259 e. The van der Waals surface area contributed by atoms with Gasteiger partial charge < -0.3 is 5.32 Å². The molecule has 0 aliphatic heterocycles. The van der Waals surface area contributed by atoms with E-state index >= 15 is 0 Å². The Bertz CT molecular complexity index is 1130. The molecule has 0 bridgehead atoms. The van der Waals surface area contributed by atoms with Crippen molar-refractivity contribution in [2.24, 2.45) is 4.99 Å². The SMILES string of the molecule is CCn1nc(C)c(CN=C(NC(=O)c2ccccc2Cl)Nc2ccc(C)cc2C)c1C. The number of rotatable bonds is 5. The van der Waals surface area contributed by atoms with Crippen LogP contribution in [-0.4, -0.2) is 21.6 Å². The summed E-state index contributed by atoms with van der Waals surface area (Å²) in [5.74, 6) is 0.0410. The van der Waals surface area contributed by atoms with Gasteiger partial charge in [-0.15, -0.1) is 0 Å². The number of aryl methyl sites for hydroxylation is 4. The van der Waals surface area contributed by atoms with Crippen molar-refractivity contribution in [3.05, 3.63) is 81.1 Å². The third kappa shape index (κ3) is 5.33. The number of halogens is 1. The number of hydrogen-bond donors (Lipinski definition) is 2. The van der Waals surface area contributed by atoms with Gasteiger partial charge in [-0.1, -0.05) is 41.4 Å². The molecule has 2 N–H and O–H groups in total. The Balaban J connectivity index is 1.91. The van der Waals surface area contributed by atoms with Gasteiger partial charge in [-0.3, -0.25) is 14.8 Å². The molecule has 2 aromatic carbocycles. The quantitative estimate of drug-likeness (QED) is 0.426. The Labute approximate surface area is 188 Å². The first-order chi connectivity index (χ1) is 14.8. The van der Waals surface area contributed by atoms with Gasteiger partial charge in [-0.25, -0.2) is 4.99 Å². The van der Waals surface area contributed by atoms with Crippen molar-refractivity contribution in [1.82, 2.24) is 15.1 Å². The lowest BCUT2D eigenvalue weighted by Crippen LogP contribution is -2.36. The summed E-state index contributed by atoms with van der Waals surface area (Å²) in [4.78, 5) is 17.6. The standard InChI is InChI=1S/C24H28ClN5O/c1-6-30-18(5)20(17(4)29-30)14-26-24(27-22-12-11-15(2)13-16(22)3)28-23(31)19-9-7-8-10-21(19)25/h7-13H,6,14H2,1-5H3,(H2,26,27,28,31). The van der Waals surface area contributed by atoms with Gasteiger partial charge in [0, 0.05) is 23.5 Å². The largest absolute Gasteiger partial charge is 0.326 e. The zero-order chi connectivity index (χ0) is 22.5. The van der Waals surface area contributed by atoms with Crippen LogP contribution >= 0.6 is 11.6 Å². The first-order valence-electron chi connectivity index (χ1n) is 10.3. The van der Waals surface area contributed by atoms with E-state index in [1.165, 1.54) is 5.56 Å². The lowest BCUT2D eigenvalue weighted by molar-refractivity contribution is 0.0977. The van der Waals surface area contributed by atoms with Crippen molar-refractivity contribution in [3.63, 3.8) is 0 Å². The van der Waals surface area contributed by atoms with Crippen molar-refractivity contribution in [1.29, 1.82) is 0 Å². The molecular formula is C24H28ClN5O. The number of anilines is 1. The molecule has 0 aliphatic rings. The third-order valence-electron chi connectivity index (χ3n) is 5.21. The monoisotopic (exact) mass is 437 g/mol. The van der Waals surface area contributed by atoms with Gasteiger partial charge in [0.25, 0.3) is 5.91 Å². The minimum absolute atomic E-state index is 0.320. The van der Waals surface area contributed by atoms with E-state index in [-0.39, 0.29) is 5.91 Å². The van der Waals surface area contributed by atoms with Crippen LogP contribution in [0, 0.1) is 27.7 Å². The van der Waals surface area contributed by atoms with Crippen LogP contribution in [0.4, 0.5) is 5.69 Å². The highest BCUT2D eigenvalue weighted by Gasteiger charge is 2.15. The molecule has 3 aromatic rings. The first kappa shape index (κ1) is 22.6. The minimum atomic E-state index is -0.320. The van der Waals surface area contributed by atoms with Crippen LogP contribution in [0.1, 0.15) is 45.4 Å². The molecule has 0 atom stereocenters. The third-order valence-corrected chi connectivity index (χ3v) is 5.54. The predicted molar refractivity (Wildman–Crippen MR) is 127 cm³/mol. The molecule has 0 unspecified atom stereocenters. The van der Waals surface area contributed by atoms with Crippen LogP contribution in [0.15, 0.2) is 47.5 Å². The van der Waals surface area contributed by atoms with Crippen LogP contribution in [-0.2, 0) is 13.1 Å². The molecule has 3 rings (SSSR count). The highest BCUT2D eigenvalue weighted by atomic mass is 35.5. The number of nitrogens with one attached hydrogen (secondary N) is 2. The lowest BCUT2D eigenvalue weighted by Gasteiger charge is -2.15. The van der Waals surface area contributed by atoms with Crippen LogP contribution in [0.25, 0.3) is 0 Å². The van der Waals surface area contributed by atoms with Crippen LogP contribution in [0.2, 0.25) is 5.02 Å². The summed E-state index contributed by atoms with van der Waals surface area (Å²) in [6.45, 7) is 11.3. The maximum atomic E-state index is 12.9. The molecule has 7 heteroatoms. The normalized spacial score (nSPS) is 11.5. The number of guanidine groups is 1. The van der Waals surface area contributed by atoms with E-state index in [1.807, 2.05) is 44.5 Å². The molecule has 0 radical (unpaired) electrons. The molecule has 162 valence electrons. The van der Waals surface area contributed by atoms with Gasteiger partial charge in [0.15, 0.2) is 0 Å². The van der Waals surface area contributed by atoms with E-state index in [0.717, 1.165) is 34.7 Å². The van der Waals surface area contributed by atoms with Crippen LogP contribution < -0.4 is 10.6 Å². The zero-order valence-electron chi connectivity index (χ0n) is 18.6. The van der Waals surface area contributed by atoms with E-state index in [0.29, 0.717) is 23.1 Å². The van der Waals surface area contributed by atoms with Crippen molar-refractivity contribution >= 4 is 29.2 Å². The molecule has 31 heavy (non-hydrogen) atoms. The molecular weight excluding hydrogens is 410 g/mol. The minimum Gasteiger partial charge on any atom is -0.326 e. The van der Waals surface area contributed by atoms with Gasteiger partial charge in [0.2, 0.25) is 5.96 Å². The molecule has 0 saturated carbocycles. The molecule has 0 saturated heterocycles. The molecule has 0 fully saturated rings. The van der Waals surface area contributed by atoms with Gasteiger partial charge in [-0.05, 0) is 58.4 Å². The molecule has 0 spiro atoms. The van der Waals surface area contributed by atoms with Crippen LogP contribution in [0.5, 0.6) is 0 Å². The van der Waals surface area contributed by atoms with E-state index in [4.69, 9.17) is 16.6 Å². The molecule has 1 heterocycles. The summed E-state index contributed by atoms with van der Waals surface area (Å²) in [6.07, 6.45) is 0. The second kappa shape index (κ2) is 9.79. The van der Waals surface area contributed by atoms with Gasteiger partial charge in [0.1, 0.15) is 0 Å². The summed E-state index contributed by atoms with van der Waals surface area (Å²) in [7, 11) is 0. The average molecular weight is 438 g/mol. The highest BCUT2D eigenvalue weighted by molar-refractivity contribution is 6.34. The summed E-state index contributed by atoms with van der Waals surface area (Å²) in [5.41, 5.74) is 6.56. The number of benzene rings is 2. The summed E-state index contributed by atoms with van der Waals surface area (Å²) < 4.78 is 1.96. The highest BCUT2D eigenvalue weighted by Crippen LogP contribution is 2.18. The average Bonchev–Trinajstić information content (AvgIpc) is 3.01. The fourth-order valence-electron chi connectivity index (χ4n) is 3.44. The van der Waals surface area contributed by atoms with Gasteiger partial charge >= 0.3 is 0 Å². The summed E-state index contributed by atoms with van der Waals surface area (Å²) >= 11 is 6.21. The molecule has 6 nitrogen and oxygen atoms in total. The van der Waals surface area contributed by atoms with Crippen molar-refractivity contribution in [3.8, 4) is 0 Å². The van der Waals surface area contributed by atoms with E-state index in [1.54, 1.807) is 24.3 Å². The van der Waals surface area contributed by atoms with Crippen molar-refractivity contribution in [2.45, 2.75) is 47.7 Å². The lowest BCUT2D eigenvalue weighted by atomic mass is 10.1. The summed E-state index contributed by atoms with van der Waals surface area (Å²) in [6, 6.07) is 13.0. The topological polar surface area (TPSA) is 71.3 Å². The zero-order valence-corrected chi connectivity index (χ0v) is 19.3. The number of hydrogen-bond acceptors (Lipinski definition) is 3. The second-order valence-electron chi connectivity index (χ2n) is 7.51. The number of nitrogens with zero attached hydrogens (tertiary/aromatic N) is 3. The van der Waals surface area contributed by atoms with Crippen LogP contribution in [0.3, 0.4) is 0 Å². The Hall–Kier alpha value is -3.12. The van der Waals surface area contributed by atoms with E-state index in [9.17, 15) is 4.79 Å². The van der Waals surface area contributed by atoms with Crippen molar-refractivity contribution < 1.29 is 4.79 Å². The Kier molecular flexibility index (Phi) is 7.13. The second-order valence-corrected chi connectivity index (χ2v) is 7.91. The summed E-state index contributed by atoms with van der Waals surface area (Å²) in [5, 5.41) is 11.1. The first-order valence-corrected chi connectivity index (χ1v) is 10.7. The van der Waals surface area contributed by atoms with Gasteiger partial charge in [0.05, 0.1) is 22.8 Å². The number of aromatic nitrogens is 2. The Morgan fingerprint density at radius 2 is 1.87 bits per heavy atom. The molecule has 1 amide bonds. The Morgan fingerprint density at radius 3 is 2.52 bits per heavy atom. The number of amides is 1.